The zero-order valence-electron chi connectivity index (χ0n) is 29.9. The van der Waals surface area contributed by atoms with E-state index in [1.165, 1.54) is 80.7 Å². The van der Waals surface area contributed by atoms with Crippen molar-refractivity contribution in [2.24, 2.45) is 0 Å². The highest BCUT2D eigenvalue weighted by molar-refractivity contribution is 7.27. The Morgan fingerprint density at radius 1 is 0.364 bits per heavy atom. The first kappa shape index (κ1) is 31.6. The van der Waals surface area contributed by atoms with Crippen molar-refractivity contribution >= 4 is 81.1 Å². The van der Waals surface area contributed by atoms with Crippen LogP contribution in [0.15, 0.2) is 206 Å². The minimum Gasteiger partial charge on any atom is -0.310 e. The van der Waals surface area contributed by atoms with Crippen molar-refractivity contribution in [3.05, 3.63) is 206 Å². The number of para-hydroxylation sites is 2. The van der Waals surface area contributed by atoms with Crippen LogP contribution in [0.1, 0.15) is 0 Å². The fourth-order valence-corrected chi connectivity index (χ4v) is 9.76. The van der Waals surface area contributed by atoms with Crippen LogP contribution >= 0.6 is 11.3 Å². The van der Waals surface area contributed by atoms with E-state index in [0.717, 1.165) is 17.1 Å². The quantitative estimate of drug-likeness (QED) is 0.166. The molecule has 0 spiro atoms. The number of aromatic nitrogens is 1. The molecule has 0 radical (unpaired) electrons. The predicted molar refractivity (Wildman–Crippen MR) is 237 cm³/mol. The molecule has 0 aliphatic carbocycles. The lowest BCUT2D eigenvalue weighted by Crippen LogP contribution is -2.09. The number of anilines is 3. The zero-order chi connectivity index (χ0) is 36.3. The van der Waals surface area contributed by atoms with Crippen LogP contribution in [0, 0.1) is 0 Å². The van der Waals surface area contributed by atoms with Crippen molar-refractivity contribution in [1.82, 2.24) is 4.57 Å². The summed E-state index contributed by atoms with van der Waals surface area (Å²) >= 11 is 1.90. The summed E-state index contributed by atoms with van der Waals surface area (Å²) in [5.41, 5.74) is 11.9. The maximum Gasteiger partial charge on any atom is 0.0726 e. The standard InChI is InChI=1S/C52H34N2S/c1-4-14-35(15-5-1)37-24-28-40(29-25-37)53(41-30-26-38(27-31-41)36-16-6-2-7-17-36)42-32-33-46-48(34-42)55-52-50(46)44-21-11-10-20-43(44)49-45-22-12-13-23-47(45)54(51(49)52)39-18-8-3-9-19-39/h1-34H. The summed E-state index contributed by atoms with van der Waals surface area (Å²) in [6.07, 6.45) is 0. The van der Waals surface area contributed by atoms with Gasteiger partial charge in [-0.25, -0.2) is 0 Å². The lowest BCUT2D eigenvalue weighted by Gasteiger charge is -2.26. The van der Waals surface area contributed by atoms with E-state index in [9.17, 15) is 0 Å². The van der Waals surface area contributed by atoms with E-state index in [2.05, 4.69) is 216 Å². The molecule has 11 rings (SSSR count). The molecule has 2 nitrogen and oxygen atoms in total. The SMILES string of the molecule is c1ccc(-c2ccc(N(c3ccc(-c4ccccc4)cc3)c3ccc4c(c3)sc3c4c4ccccc4c4c5ccccc5n(-c5ccccc5)c34)cc2)cc1. The van der Waals surface area contributed by atoms with Gasteiger partial charge in [-0.1, -0.05) is 152 Å². The minimum absolute atomic E-state index is 1.12. The maximum absolute atomic E-state index is 2.48. The number of hydrogen-bond donors (Lipinski definition) is 0. The lowest BCUT2D eigenvalue weighted by molar-refractivity contribution is 1.19. The topological polar surface area (TPSA) is 8.17 Å². The van der Waals surface area contributed by atoms with Crippen LogP contribution in [0.4, 0.5) is 17.1 Å². The molecule has 0 aliphatic rings. The molecule has 0 unspecified atom stereocenters. The second-order valence-corrected chi connectivity index (χ2v) is 15.2. The smallest absolute Gasteiger partial charge is 0.0726 e. The number of nitrogens with zero attached hydrogens (tertiary/aromatic N) is 2. The average Bonchev–Trinajstić information content (AvgIpc) is 3.82. The van der Waals surface area contributed by atoms with Crippen LogP contribution < -0.4 is 4.90 Å². The number of rotatable bonds is 6. The Labute approximate surface area is 323 Å². The molecule has 9 aromatic carbocycles. The van der Waals surface area contributed by atoms with Gasteiger partial charge in [0.25, 0.3) is 0 Å². The third kappa shape index (κ3) is 5.16. The van der Waals surface area contributed by atoms with Crippen LogP contribution in [-0.2, 0) is 0 Å². The summed E-state index contributed by atoms with van der Waals surface area (Å²) < 4.78 is 5.05. The van der Waals surface area contributed by atoms with Gasteiger partial charge in [-0.2, -0.15) is 0 Å². The first-order valence-corrected chi connectivity index (χ1v) is 19.6. The van der Waals surface area contributed by atoms with Crippen LogP contribution in [0.2, 0.25) is 0 Å². The van der Waals surface area contributed by atoms with E-state index < -0.39 is 0 Å². The predicted octanol–water partition coefficient (Wildman–Crippen LogP) is 15.1. The Kier molecular flexibility index (Phi) is 7.39. The highest BCUT2D eigenvalue weighted by Gasteiger charge is 2.22. The van der Waals surface area contributed by atoms with Crippen molar-refractivity contribution in [2.45, 2.75) is 0 Å². The zero-order valence-corrected chi connectivity index (χ0v) is 30.7. The van der Waals surface area contributed by atoms with E-state index in [4.69, 9.17) is 0 Å². The molecule has 2 heterocycles. The van der Waals surface area contributed by atoms with Crippen molar-refractivity contribution in [3.63, 3.8) is 0 Å². The first-order valence-electron chi connectivity index (χ1n) is 18.8. The van der Waals surface area contributed by atoms with E-state index in [1.807, 2.05) is 11.3 Å². The van der Waals surface area contributed by atoms with Crippen molar-refractivity contribution in [2.75, 3.05) is 4.90 Å². The molecule has 0 aliphatic heterocycles. The van der Waals surface area contributed by atoms with Gasteiger partial charge in [0.15, 0.2) is 0 Å². The summed E-state index contributed by atoms with van der Waals surface area (Å²) in [7, 11) is 0. The van der Waals surface area contributed by atoms with Gasteiger partial charge >= 0.3 is 0 Å². The van der Waals surface area contributed by atoms with Gasteiger partial charge in [-0.15, -0.1) is 11.3 Å². The molecule has 0 atom stereocenters. The molecule has 258 valence electrons. The molecule has 0 bridgehead atoms. The third-order valence-electron chi connectivity index (χ3n) is 11.0. The van der Waals surface area contributed by atoms with E-state index in [-0.39, 0.29) is 0 Å². The Bertz CT molecular complexity index is 3080. The Morgan fingerprint density at radius 2 is 0.836 bits per heavy atom. The number of benzene rings is 9. The van der Waals surface area contributed by atoms with E-state index >= 15 is 0 Å². The van der Waals surface area contributed by atoms with Crippen molar-refractivity contribution in [1.29, 1.82) is 0 Å². The van der Waals surface area contributed by atoms with Gasteiger partial charge in [0, 0.05) is 49.0 Å². The Hall–Kier alpha value is -6.94. The third-order valence-corrected chi connectivity index (χ3v) is 12.1. The van der Waals surface area contributed by atoms with Gasteiger partial charge in [-0.05, 0) is 87.6 Å². The van der Waals surface area contributed by atoms with Gasteiger partial charge in [0.05, 0.1) is 15.7 Å². The molecule has 11 aromatic rings. The van der Waals surface area contributed by atoms with Crippen LogP contribution in [-0.4, -0.2) is 4.57 Å². The normalized spacial score (nSPS) is 11.6. The van der Waals surface area contributed by atoms with Gasteiger partial charge < -0.3 is 9.47 Å². The second-order valence-electron chi connectivity index (χ2n) is 14.1. The number of fused-ring (bicyclic) bond motifs is 10. The lowest BCUT2D eigenvalue weighted by atomic mass is 9.98. The minimum atomic E-state index is 1.12. The maximum atomic E-state index is 2.48. The summed E-state index contributed by atoms with van der Waals surface area (Å²) in [5.74, 6) is 0. The fourth-order valence-electron chi connectivity index (χ4n) is 8.46. The van der Waals surface area contributed by atoms with Crippen LogP contribution in [0.3, 0.4) is 0 Å². The van der Waals surface area contributed by atoms with Crippen molar-refractivity contribution in [3.8, 4) is 27.9 Å². The average molecular weight is 719 g/mol. The summed E-state index contributed by atoms with van der Waals surface area (Å²) in [5, 5.41) is 7.78. The molecule has 0 amide bonds. The summed E-state index contributed by atoms with van der Waals surface area (Å²) in [4.78, 5) is 2.39. The summed E-state index contributed by atoms with van der Waals surface area (Å²) in [6, 6.07) is 74.8. The number of thiophene rings is 1. The van der Waals surface area contributed by atoms with Crippen LogP contribution in [0.25, 0.3) is 80.7 Å². The largest absolute Gasteiger partial charge is 0.310 e. The molecule has 3 heteroatoms. The fraction of sp³-hybridized carbons (Fsp3) is 0. The second kappa shape index (κ2) is 12.9. The molecule has 2 aromatic heterocycles. The molecule has 0 fully saturated rings. The van der Waals surface area contributed by atoms with Crippen molar-refractivity contribution < 1.29 is 0 Å². The molecule has 55 heavy (non-hydrogen) atoms. The Balaban J connectivity index is 1.15. The molecular formula is C52H34N2S. The first-order chi connectivity index (χ1) is 27.3. The van der Waals surface area contributed by atoms with Gasteiger partial charge in [-0.3, -0.25) is 0 Å². The van der Waals surface area contributed by atoms with E-state index in [0.29, 0.717) is 0 Å². The number of hydrogen-bond acceptors (Lipinski definition) is 2. The Morgan fingerprint density at radius 3 is 1.44 bits per heavy atom. The van der Waals surface area contributed by atoms with Crippen LogP contribution in [0.5, 0.6) is 0 Å². The van der Waals surface area contributed by atoms with Gasteiger partial charge in [0.2, 0.25) is 0 Å². The molecule has 0 saturated heterocycles. The van der Waals surface area contributed by atoms with Gasteiger partial charge in [0.1, 0.15) is 0 Å². The molecular weight excluding hydrogens is 685 g/mol. The highest BCUT2D eigenvalue weighted by atomic mass is 32.1. The molecule has 0 N–H and O–H groups in total. The van der Waals surface area contributed by atoms with E-state index in [1.54, 1.807) is 0 Å². The highest BCUT2D eigenvalue weighted by Crippen LogP contribution is 2.49. The monoisotopic (exact) mass is 718 g/mol. The molecule has 0 saturated carbocycles. The summed E-state index contributed by atoms with van der Waals surface area (Å²) in [6.45, 7) is 0.